The molecule has 0 radical (unpaired) electrons. The number of ketones is 1. The number of nitrogens with zero attached hydrogens (tertiary/aromatic N) is 3. The fourth-order valence-electron chi connectivity index (χ4n) is 3.41. The average molecular weight is 383 g/mol. The van der Waals surface area contributed by atoms with Gasteiger partial charge < -0.3 is 15.0 Å². The number of nitrogens with two attached hydrogens (primary N) is 1. The van der Waals surface area contributed by atoms with Crippen molar-refractivity contribution in [2.45, 2.75) is 54.0 Å². The number of fused-ring (bicyclic) bond motifs is 3. The van der Waals surface area contributed by atoms with Gasteiger partial charge in [-0.15, -0.1) is 0 Å². The van der Waals surface area contributed by atoms with E-state index in [0.717, 1.165) is 40.1 Å². The number of pyridine rings is 1. The smallest absolute Gasteiger partial charge is 0.152 e. The topological polar surface area (TPSA) is 83.0 Å². The van der Waals surface area contributed by atoms with Crippen LogP contribution in [0, 0.1) is 18.8 Å². The standard InChI is InChI=1S/C22H30N4O2/c1-13(2)12-26-15(5)24-20-21(26)17-9-8-16(11-18(17)25-22(20)23)28-10-6-7-19(27)14(3)4/h8-9,11,13-14H,6-7,10,12H2,1-5H3,(H2,23,25). The summed E-state index contributed by atoms with van der Waals surface area (Å²) in [5.41, 5.74) is 8.79. The first-order chi connectivity index (χ1) is 13.3. The molecule has 0 aliphatic carbocycles. The molecule has 28 heavy (non-hydrogen) atoms. The van der Waals surface area contributed by atoms with Gasteiger partial charge in [0, 0.05) is 30.3 Å². The molecule has 0 aliphatic rings. The van der Waals surface area contributed by atoms with Crippen molar-refractivity contribution in [2.24, 2.45) is 11.8 Å². The van der Waals surface area contributed by atoms with Crippen molar-refractivity contribution in [1.82, 2.24) is 14.5 Å². The Balaban J connectivity index is 1.88. The van der Waals surface area contributed by atoms with Gasteiger partial charge in [0.2, 0.25) is 0 Å². The molecule has 0 bridgehead atoms. The van der Waals surface area contributed by atoms with E-state index in [9.17, 15) is 4.79 Å². The van der Waals surface area contributed by atoms with Crippen LogP contribution >= 0.6 is 0 Å². The Labute approximate surface area is 166 Å². The van der Waals surface area contributed by atoms with Crippen LogP contribution in [0.4, 0.5) is 5.82 Å². The molecule has 2 N–H and O–H groups in total. The van der Waals surface area contributed by atoms with Crippen molar-refractivity contribution in [3.63, 3.8) is 0 Å². The normalized spacial score (nSPS) is 11.8. The molecule has 0 amide bonds. The van der Waals surface area contributed by atoms with Crippen LogP contribution in [0.15, 0.2) is 18.2 Å². The molecule has 150 valence electrons. The number of ether oxygens (including phenoxy) is 1. The van der Waals surface area contributed by atoms with Crippen molar-refractivity contribution < 1.29 is 9.53 Å². The van der Waals surface area contributed by atoms with Crippen LogP contribution in [0.25, 0.3) is 21.9 Å². The second-order valence-electron chi connectivity index (χ2n) is 8.11. The van der Waals surface area contributed by atoms with Gasteiger partial charge in [-0.3, -0.25) is 4.79 Å². The Kier molecular flexibility index (Phi) is 5.87. The highest BCUT2D eigenvalue weighted by atomic mass is 16.5. The van der Waals surface area contributed by atoms with Crippen LogP contribution in [0.1, 0.15) is 46.4 Å². The van der Waals surface area contributed by atoms with E-state index in [0.29, 0.717) is 31.2 Å². The van der Waals surface area contributed by atoms with Gasteiger partial charge in [-0.1, -0.05) is 27.7 Å². The SMILES string of the molecule is Cc1nc2c(N)nc3cc(OCCCC(=O)C(C)C)ccc3c2n1CC(C)C. The molecular formula is C22H30N4O2. The van der Waals surface area contributed by atoms with Gasteiger partial charge in [-0.2, -0.15) is 0 Å². The molecule has 6 nitrogen and oxygen atoms in total. The molecular weight excluding hydrogens is 352 g/mol. The number of hydrogen-bond donors (Lipinski definition) is 1. The summed E-state index contributed by atoms with van der Waals surface area (Å²) >= 11 is 0. The highest BCUT2D eigenvalue weighted by molar-refractivity contribution is 6.06. The fourth-order valence-corrected chi connectivity index (χ4v) is 3.41. The van der Waals surface area contributed by atoms with Crippen molar-refractivity contribution in [1.29, 1.82) is 0 Å². The van der Waals surface area contributed by atoms with Gasteiger partial charge in [0.1, 0.15) is 22.9 Å². The van der Waals surface area contributed by atoms with Crippen molar-refractivity contribution in [2.75, 3.05) is 12.3 Å². The average Bonchev–Trinajstić information content (AvgIpc) is 2.95. The van der Waals surface area contributed by atoms with Crippen LogP contribution in [0.5, 0.6) is 5.75 Å². The lowest BCUT2D eigenvalue weighted by molar-refractivity contribution is -0.122. The molecule has 3 rings (SSSR count). The van der Waals surface area contributed by atoms with Crippen molar-refractivity contribution >= 4 is 33.5 Å². The third-order valence-corrected chi connectivity index (χ3v) is 4.89. The zero-order chi connectivity index (χ0) is 20.4. The van der Waals surface area contributed by atoms with Gasteiger partial charge in [0.05, 0.1) is 17.6 Å². The number of nitrogen functional groups attached to an aromatic ring is 1. The summed E-state index contributed by atoms with van der Waals surface area (Å²) < 4.78 is 8.06. The van der Waals surface area contributed by atoms with E-state index < -0.39 is 0 Å². The zero-order valence-corrected chi connectivity index (χ0v) is 17.5. The minimum atomic E-state index is 0.0781. The van der Waals surface area contributed by atoms with E-state index in [2.05, 4.69) is 28.4 Å². The third-order valence-electron chi connectivity index (χ3n) is 4.89. The number of aryl methyl sites for hydroxylation is 1. The maximum absolute atomic E-state index is 11.7. The first-order valence-corrected chi connectivity index (χ1v) is 9.99. The summed E-state index contributed by atoms with van der Waals surface area (Å²) in [6, 6.07) is 5.89. The predicted octanol–water partition coefficient (Wildman–Crippen LogP) is 4.52. The molecule has 0 spiro atoms. The lowest BCUT2D eigenvalue weighted by Gasteiger charge is -2.12. The summed E-state index contributed by atoms with van der Waals surface area (Å²) in [7, 11) is 0. The lowest BCUT2D eigenvalue weighted by atomic mass is 10.1. The van der Waals surface area contributed by atoms with Crippen LogP contribution in [-0.4, -0.2) is 26.9 Å². The molecule has 0 saturated carbocycles. The summed E-state index contributed by atoms with van der Waals surface area (Å²) in [6.07, 6.45) is 1.26. The molecule has 1 aromatic carbocycles. The number of carbonyl (C=O) groups excluding carboxylic acids is 1. The minimum absolute atomic E-state index is 0.0781. The third kappa shape index (κ3) is 4.11. The van der Waals surface area contributed by atoms with Crippen LogP contribution in [-0.2, 0) is 11.3 Å². The molecule has 3 aromatic rings. The van der Waals surface area contributed by atoms with Crippen LogP contribution < -0.4 is 10.5 Å². The summed E-state index contributed by atoms with van der Waals surface area (Å²) in [5, 5.41) is 1.02. The van der Waals surface area contributed by atoms with Crippen molar-refractivity contribution in [3.8, 4) is 5.75 Å². The Hall–Kier alpha value is -2.63. The monoisotopic (exact) mass is 382 g/mol. The number of hydrogen-bond acceptors (Lipinski definition) is 5. The highest BCUT2D eigenvalue weighted by Crippen LogP contribution is 2.31. The molecule has 0 fully saturated rings. The molecule has 0 unspecified atom stereocenters. The number of anilines is 1. The second-order valence-corrected chi connectivity index (χ2v) is 8.11. The Morgan fingerprint density at radius 3 is 2.64 bits per heavy atom. The maximum atomic E-state index is 11.7. The van der Waals surface area contributed by atoms with Gasteiger partial charge in [-0.25, -0.2) is 9.97 Å². The van der Waals surface area contributed by atoms with E-state index in [4.69, 9.17) is 10.5 Å². The Morgan fingerprint density at radius 2 is 1.96 bits per heavy atom. The van der Waals surface area contributed by atoms with E-state index in [1.54, 1.807) is 0 Å². The molecule has 2 aromatic heterocycles. The van der Waals surface area contributed by atoms with E-state index in [-0.39, 0.29) is 11.7 Å². The number of carbonyl (C=O) groups is 1. The summed E-state index contributed by atoms with van der Waals surface area (Å²) in [5.74, 6) is 2.97. The largest absolute Gasteiger partial charge is 0.494 e. The number of Topliss-reactive ketones (excluding diaryl/α,β-unsaturated/α-hetero) is 1. The first-order valence-electron chi connectivity index (χ1n) is 9.99. The fraction of sp³-hybridized carbons (Fsp3) is 0.500. The highest BCUT2D eigenvalue weighted by Gasteiger charge is 2.16. The number of aromatic nitrogens is 3. The summed E-state index contributed by atoms with van der Waals surface area (Å²) in [6.45, 7) is 11.6. The van der Waals surface area contributed by atoms with Crippen LogP contribution in [0.2, 0.25) is 0 Å². The zero-order valence-electron chi connectivity index (χ0n) is 17.5. The molecule has 0 atom stereocenters. The van der Waals surface area contributed by atoms with Gasteiger partial charge in [0.15, 0.2) is 5.82 Å². The quantitative estimate of drug-likeness (QED) is 0.579. The van der Waals surface area contributed by atoms with E-state index in [1.807, 2.05) is 39.0 Å². The number of benzene rings is 1. The Bertz CT molecular complexity index is 1000. The molecule has 6 heteroatoms. The molecule has 2 heterocycles. The van der Waals surface area contributed by atoms with Gasteiger partial charge in [-0.05, 0) is 31.4 Å². The van der Waals surface area contributed by atoms with Gasteiger partial charge in [0.25, 0.3) is 0 Å². The Morgan fingerprint density at radius 1 is 1.21 bits per heavy atom. The first kappa shape index (κ1) is 20.1. The van der Waals surface area contributed by atoms with Crippen LogP contribution in [0.3, 0.4) is 0 Å². The van der Waals surface area contributed by atoms with Gasteiger partial charge >= 0.3 is 0 Å². The maximum Gasteiger partial charge on any atom is 0.152 e. The second kappa shape index (κ2) is 8.17. The summed E-state index contributed by atoms with van der Waals surface area (Å²) in [4.78, 5) is 20.9. The number of rotatable bonds is 8. The lowest BCUT2D eigenvalue weighted by Crippen LogP contribution is -2.09. The molecule has 0 saturated heterocycles. The van der Waals surface area contributed by atoms with E-state index in [1.165, 1.54) is 0 Å². The minimum Gasteiger partial charge on any atom is -0.494 e. The predicted molar refractivity (Wildman–Crippen MR) is 114 cm³/mol. The number of imidazole rings is 1. The van der Waals surface area contributed by atoms with Crippen molar-refractivity contribution in [3.05, 3.63) is 24.0 Å². The molecule has 0 aliphatic heterocycles. The van der Waals surface area contributed by atoms with E-state index >= 15 is 0 Å².